The molecule has 1 aliphatic heterocycles. The molecule has 2 heterocycles. The van der Waals surface area contributed by atoms with Gasteiger partial charge in [0, 0.05) is 49.9 Å². The van der Waals surface area contributed by atoms with E-state index < -0.39 is 11.7 Å². The summed E-state index contributed by atoms with van der Waals surface area (Å²) in [5, 5.41) is 6.58. The van der Waals surface area contributed by atoms with Crippen LogP contribution < -0.4 is 10.6 Å². The highest BCUT2D eigenvalue weighted by Gasteiger charge is 2.26. The molecule has 0 aliphatic carbocycles. The molecule has 8 nitrogen and oxygen atoms in total. The quantitative estimate of drug-likeness (QED) is 0.499. The summed E-state index contributed by atoms with van der Waals surface area (Å²) in [5.74, 6) is 0.105. The van der Waals surface area contributed by atoms with Crippen LogP contribution in [0.3, 0.4) is 0 Å². The van der Waals surface area contributed by atoms with Crippen LogP contribution in [0, 0.1) is 6.92 Å². The maximum atomic E-state index is 12.0. The molecule has 1 saturated heterocycles. The number of allylic oxidation sites excluding steroid dienone is 1. The number of Topliss-reactive ketones (excluding diaryl/α,β-unsaturated/α-hetero) is 1. The number of aromatic nitrogens is 2. The van der Waals surface area contributed by atoms with Gasteiger partial charge >= 0.3 is 0 Å². The molecule has 0 radical (unpaired) electrons. The van der Waals surface area contributed by atoms with Crippen molar-refractivity contribution in [2.45, 2.75) is 39.2 Å². The molecule has 1 aromatic carbocycles. The number of likely N-dealkylation sites (tertiary alicyclic amines) is 1. The summed E-state index contributed by atoms with van der Waals surface area (Å²) >= 11 is 0. The topological polar surface area (TPSA) is 104 Å². The van der Waals surface area contributed by atoms with E-state index in [9.17, 15) is 14.4 Å². The van der Waals surface area contributed by atoms with Crippen LogP contribution in [0.25, 0.3) is 0 Å². The Hall–Kier alpha value is -3.55. The van der Waals surface area contributed by atoms with Gasteiger partial charge in [-0.2, -0.15) is 4.98 Å². The van der Waals surface area contributed by atoms with Gasteiger partial charge in [0.05, 0.1) is 0 Å². The molecule has 31 heavy (non-hydrogen) atoms. The summed E-state index contributed by atoms with van der Waals surface area (Å²) in [6.45, 7) is 7.75. The van der Waals surface area contributed by atoms with Gasteiger partial charge in [-0.3, -0.25) is 14.4 Å². The Morgan fingerprint density at radius 1 is 1.29 bits per heavy atom. The van der Waals surface area contributed by atoms with E-state index in [0.717, 1.165) is 29.7 Å². The van der Waals surface area contributed by atoms with E-state index in [-0.39, 0.29) is 18.2 Å². The molecule has 0 saturated carbocycles. The van der Waals surface area contributed by atoms with Crippen LogP contribution in [0.1, 0.15) is 30.9 Å². The first-order valence-electron chi connectivity index (χ1n) is 10.3. The van der Waals surface area contributed by atoms with Crippen LogP contribution in [0.4, 0.5) is 17.5 Å². The largest absolute Gasteiger partial charge is 0.350 e. The summed E-state index contributed by atoms with van der Waals surface area (Å²) in [4.78, 5) is 45.8. The zero-order valence-electron chi connectivity index (χ0n) is 17.9. The molecule has 8 heteroatoms. The number of hydrogen-bond donors (Lipinski definition) is 2. The number of carbonyl (C=O) groups excluding carboxylic acids is 3. The van der Waals surface area contributed by atoms with Gasteiger partial charge in [0.2, 0.25) is 11.7 Å². The summed E-state index contributed by atoms with van der Waals surface area (Å²) in [5.41, 5.74) is 2.50. The van der Waals surface area contributed by atoms with Gasteiger partial charge < -0.3 is 15.5 Å². The first-order chi connectivity index (χ1) is 14.9. The predicted octanol–water partition coefficient (Wildman–Crippen LogP) is 2.82. The van der Waals surface area contributed by atoms with E-state index >= 15 is 0 Å². The molecule has 0 unspecified atom stereocenters. The monoisotopic (exact) mass is 421 g/mol. The van der Waals surface area contributed by atoms with Crippen LogP contribution in [-0.4, -0.2) is 51.5 Å². The van der Waals surface area contributed by atoms with Crippen LogP contribution in [-0.2, 0) is 20.8 Å². The minimum Gasteiger partial charge on any atom is -0.350 e. The van der Waals surface area contributed by atoms with E-state index in [4.69, 9.17) is 0 Å². The van der Waals surface area contributed by atoms with Crippen molar-refractivity contribution in [2.75, 3.05) is 23.7 Å². The van der Waals surface area contributed by atoms with Crippen molar-refractivity contribution >= 4 is 34.9 Å². The van der Waals surface area contributed by atoms with Gasteiger partial charge in [-0.1, -0.05) is 24.8 Å². The highest BCUT2D eigenvalue weighted by Crippen LogP contribution is 2.24. The third-order valence-corrected chi connectivity index (χ3v) is 5.18. The molecule has 3 rings (SSSR count). The van der Waals surface area contributed by atoms with Crippen molar-refractivity contribution in [1.82, 2.24) is 14.9 Å². The van der Waals surface area contributed by atoms with Crippen LogP contribution in [0.2, 0.25) is 0 Å². The van der Waals surface area contributed by atoms with Crippen molar-refractivity contribution in [3.05, 3.63) is 54.2 Å². The zero-order chi connectivity index (χ0) is 22.4. The minimum absolute atomic E-state index is 0.0369. The zero-order valence-corrected chi connectivity index (χ0v) is 17.9. The molecule has 1 amide bonds. The number of amides is 1. The maximum Gasteiger partial charge on any atom is 0.289 e. The average Bonchev–Trinajstić information content (AvgIpc) is 2.76. The van der Waals surface area contributed by atoms with Crippen molar-refractivity contribution in [1.29, 1.82) is 0 Å². The number of anilines is 3. The van der Waals surface area contributed by atoms with Crippen molar-refractivity contribution in [3.63, 3.8) is 0 Å². The van der Waals surface area contributed by atoms with Gasteiger partial charge in [0.1, 0.15) is 5.82 Å². The number of ketones is 2. The van der Waals surface area contributed by atoms with E-state index in [1.54, 1.807) is 11.1 Å². The molecule has 0 bridgehead atoms. The van der Waals surface area contributed by atoms with Gasteiger partial charge in [-0.05, 0) is 37.5 Å². The number of nitrogens with one attached hydrogen (secondary N) is 2. The van der Waals surface area contributed by atoms with Gasteiger partial charge in [-0.15, -0.1) is 0 Å². The van der Waals surface area contributed by atoms with Crippen LogP contribution >= 0.6 is 0 Å². The second-order valence-electron chi connectivity index (χ2n) is 7.65. The van der Waals surface area contributed by atoms with Crippen molar-refractivity contribution < 1.29 is 14.4 Å². The highest BCUT2D eigenvalue weighted by molar-refractivity contribution is 6.35. The number of rotatable bonds is 8. The highest BCUT2D eigenvalue weighted by atomic mass is 16.2. The van der Waals surface area contributed by atoms with Gasteiger partial charge in [-0.25, -0.2) is 4.98 Å². The van der Waals surface area contributed by atoms with Crippen LogP contribution in [0.15, 0.2) is 43.1 Å². The molecule has 1 fully saturated rings. The maximum absolute atomic E-state index is 12.0. The molecule has 2 aromatic rings. The van der Waals surface area contributed by atoms with Gasteiger partial charge in [0.25, 0.3) is 5.91 Å². The first kappa shape index (κ1) is 22.1. The number of hydrogen-bond acceptors (Lipinski definition) is 7. The third kappa shape index (κ3) is 5.75. The predicted molar refractivity (Wildman–Crippen MR) is 119 cm³/mol. The SMILES string of the molecule is C=CC(=O)Cc1ccccc1Nc1nc(N[C@H]2CCCN(C(=O)C(C)=O)C2)ncc1C. The Morgan fingerprint density at radius 2 is 2.06 bits per heavy atom. The van der Waals surface area contributed by atoms with Crippen LogP contribution in [0.5, 0.6) is 0 Å². The first-order valence-corrected chi connectivity index (χ1v) is 10.3. The molecular weight excluding hydrogens is 394 g/mol. The van der Waals surface area contributed by atoms with Crippen molar-refractivity contribution in [3.8, 4) is 0 Å². The summed E-state index contributed by atoms with van der Waals surface area (Å²) in [7, 11) is 0. The third-order valence-electron chi connectivity index (χ3n) is 5.18. The summed E-state index contributed by atoms with van der Waals surface area (Å²) < 4.78 is 0. The lowest BCUT2D eigenvalue weighted by molar-refractivity contribution is -0.144. The lowest BCUT2D eigenvalue weighted by atomic mass is 10.1. The summed E-state index contributed by atoms with van der Waals surface area (Å²) in [6.07, 6.45) is 4.95. The lowest BCUT2D eigenvalue weighted by Crippen LogP contribution is -2.47. The standard InChI is InChI=1S/C23H27N5O3/c1-4-19(30)12-17-8-5-6-10-20(17)26-21-15(2)13-24-23(27-21)25-18-9-7-11-28(14-18)22(31)16(3)29/h4-6,8,10,13,18H,1,7,9,11-12,14H2,2-3H3,(H2,24,25,26,27)/t18-/m0/s1. The number of aryl methyl sites for hydroxylation is 1. The van der Waals surface area contributed by atoms with Crippen molar-refractivity contribution in [2.24, 2.45) is 0 Å². The molecule has 1 aliphatic rings. The smallest absolute Gasteiger partial charge is 0.289 e. The molecular formula is C23H27N5O3. The number of benzene rings is 1. The fourth-order valence-electron chi connectivity index (χ4n) is 3.51. The minimum atomic E-state index is -0.454. The molecule has 162 valence electrons. The molecule has 2 N–H and O–H groups in total. The second kappa shape index (κ2) is 9.97. The second-order valence-corrected chi connectivity index (χ2v) is 7.65. The van der Waals surface area contributed by atoms with E-state index in [1.807, 2.05) is 31.2 Å². The van der Waals surface area contributed by atoms with E-state index in [1.165, 1.54) is 13.0 Å². The van der Waals surface area contributed by atoms with E-state index in [2.05, 4.69) is 27.2 Å². The number of piperidine rings is 1. The lowest BCUT2D eigenvalue weighted by Gasteiger charge is -2.32. The average molecular weight is 422 g/mol. The molecule has 1 atom stereocenters. The Labute approximate surface area is 181 Å². The summed E-state index contributed by atoms with van der Waals surface area (Å²) in [6, 6.07) is 7.52. The van der Waals surface area contributed by atoms with E-state index in [0.29, 0.717) is 24.9 Å². The Morgan fingerprint density at radius 3 is 2.81 bits per heavy atom. The fraction of sp³-hybridized carbons (Fsp3) is 0.348. The number of para-hydroxylation sites is 1. The normalized spacial score (nSPS) is 15.8. The number of nitrogens with zero attached hydrogens (tertiary/aromatic N) is 3. The Bertz CT molecular complexity index is 1000. The fourth-order valence-corrected chi connectivity index (χ4v) is 3.51. The van der Waals surface area contributed by atoms with Gasteiger partial charge in [0.15, 0.2) is 5.78 Å². The Balaban J connectivity index is 1.74. The molecule has 0 spiro atoms. The molecule has 1 aromatic heterocycles. The Kier molecular flexibility index (Phi) is 7.12. The number of carbonyl (C=O) groups is 3.